The monoisotopic (exact) mass is 1520 g/mol. The van der Waals surface area contributed by atoms with Crippen molar-refractivity contribution in [1.29, 1.82) is 0 Å². The molecule has 8 aromatic rings. The molecule has 0 unspecified atom stereocenters. The fraction of sp³-hybridized carbons (Fsp3) is 0.0400. The lowest BCUT2D eigenvalue weighted by Gasteiger charge is -2.33. The van der Waals surface area contributed by atoms with E-state index in [0.717, 1.165) is 76.3 Å². The molecule has 0 aliphatic rings. The van der Waals surface area contributed by atoms with Crippen LogP contribution in [0.5, 0.6) is 0 Å². The third kappa shape index (κ3) is 12.1. The zero-order valence-corrected chi connectivity index (χ0v) is 49.3. The fourth-order valence-corrected chi connectivity index (χ4v) is 14.1. The van der Waals surface area contributed by atoms with Gasteiger partial charge in [0.05, 0.1) is 27.2 Å². The summed E-state index contributed by atoms with van der Waals surface area (Å²) in [4.78, 5) is 3.92. The van der Waals surface area contributed by atoms with Crippen molar-refractivity contribution in [2.75, 3.05) is 9.80 Å². The average Bonchev–Trinajstić information content (AvgIpc) is 3.29. The van der Waals surface area contributed by atoms with Crippen LogP contribution >= 0.6 is 159 Å². The van der Waals surface area contributed by atoms with E-state index >= 15 is 0 Å². The van der Waals surface area contributed by atoms with E-state index in [0.29, 0.717) is 37.6 Å². The molecule has 0 fully saturated rings. The molecule has 0 spiro atoms. The molecule has 0 saturated heterocycles. The predicted octanol–water partition coefficient (Wildman–Crippen LogP) is 21.9. The third-order valence-electron chi connectivity index (χ3n) is 10.0. The maximum absolute atomic E-state index is 14.6. The maximum atomic E-state index is 14.6. The highest BCUT2D eigenvalue weighted by Gasteiger charge is 2.29. The molecule has 0 saturated carbocycles. The van der Waals surface area contributed by atoms with Gasteiger partial charge in [0.15, 0.2) is 0 Å². The van der Waals surface area contributed by atoms with E-state index in [1.54, 1.807) is 24.3 Å². The Balaban J connectivity index is 0.000000233. The van der Waals surface area contributed by atoms with Crippen molar-refractivity contribution in [3.63, 3.8) is 0 Å². The van der Waals surface area contributed by atoms with E-state index in [-0.39, 0.29) is 24.7 Å². The van der Waals surface area contributed by atoms with Gasteiger partial charge in [-0.25, -0.2) is 17.6 Å². The number of benzene rings is 8. The van der Waals surface area contributed by atoms with Gasteiger partial charge in [-0.1, -0.05) is 116 Å². The van der Waals surface area contributed by atoms with Gasteiger partial charge in [0.2, 0.25) is 0 Å². The summed E-state index contributed by atoms with van der Waals surface area (Å²) >= 11 is 36.6. The van der Waals surface area contributed by atoms with Gasteiger partial charge in [0.25, 0.3) is 0 Å². The van der Waals surface area contributed by atoms with E-state index in [1.165, 1.54) is 48.5 Å². The van der Waals surface area contributed by atoms with E-state index in [4.69, 9.17) is 0 Å². The summed E-state index contributed by atoms with van der Waals surface area (Å²) in [6, 6.07) is 41.7. The van der Waals surface area contributed by atoms with Crippen molar-refractivity contribution in [2.45, 2.75) is 12.8 Å². The molecule has 0 amide bonds. The molecule has 0 aliphatic heterocycles. The lowest BCUT2D eigenvalue weighted by atomic mass is 9.99. The Morgan fingerprint density at radius 3 is 1.05 bits per heavy atom. The minimum atomic E-state index is -0.367. The average molecular weight is 1530 g/mol. The van der Waals surface area contributed by atoms with Crippen molar-refractivity contribution in [1.82, 2.24) is 0 Å². The number of rotatable bonds is 10. The fourth-order valence-electron chi connectivity index (χ4n) is 6.97. The van der Waals surface area contributed by atoms with Crippen molar-refractivity contribution in [3.05, 3.63) is 236 Å². The number of nitrogens with zero attached hydrogens (tertiary/aromatic N) is 2. The Labute approximate surface area is 465 Å². The van der Waals surface area contributed by atoms with Gasteiger partial charge in [-0.2, -0.15) is 0 Å². The van der Waals surface area contributed by atoms with E-state index in [9.17, 15) is 17.6 Å². The summed E-state index contributed by atoms with van der Waals surface area (Å²) in [5.41, 5.74) is 7.96. The Kier molecular flexibility index (Phi) is 18.2. The Morgan fingerprint density at radius 2 is 0.667 bits per heavy atom. The smallest absolute Gasteiger partial charge is 0.125 e. The third-order valence-corrected chi connectivity index (χ3v) is 17.2. The molecule has 16 heteroatoms. The Bertz CT molecular complexity index is 2880. The molecule has 8 rings (SSSR count). The molecule has 0 aromatic heterocycles. The van der Waals surface area contributed by atoms with Gasteiger partial charge in [-0.15, -0.1) is 0 Å². The summed E-state index contributed by atoms with van der Waals surface area (Å²) in [5, 5.41) is 0. The van der Waals surface area contributed by atoms with Crippen LogP contribution in [0.15, 0.2) is 190 Å². The van der Waals surface area contributed by atoms with Crippen LogP contribution < -0.4 is 9.80 Å². The molecular weight excluding hydrogens is 1500 g/mol. The first-order valence-corrected chi connectivity index (χ1v) is 27.3. The van der Waals surface area contributed by atoms with E-state index < -0.39 is 0 Å². The highest BCUT2D eigenvalue weighted by molar-refractivity contribution is 9.12. The van der Waals surface area contributed by atoms with Crippen LogP contribution in [0.1, 0.15) is 23.7 Å². The minimum Gasteiger partial charge on any atom is -0.307 e. The topological polar surface area (TPSA) is 6.48 Å². The lowest BCUT2D eigenvalue weighted by molar-refractivity contribution is 0.625. The van der Waals surface area contributed by atoms with E-state index in [2.05, 4.69) is 159 Å². The molecule has 2 nitrogen and oxygen atoms in total. The van der Waals surface area contributed by atoms with Gasteiger partial charge in [-0.3, -0.25) is 0 Å². The molecule has 0 radical (unpaired) electrons. The van der Waals surface area contributed by atoms with Crippen molar-refractivity contribution in [2.24, 2.45) is 0 Å². The van der Waals surface area contributed by atoms with Gasteiger partial charge in [0.1, 0.15) is 23.3 Å². The van der Waals surface area contributed by atoms with Crippen LogP contribution in [0.4, 0.5) is 51.7 Å². The molecule has 66 heavy (non-hydrogen) atoms. The second-order valence-electron chi connectivity index (χ2n) is 14.3. The summed E-state index contributed by atoms with van der Waals surface area (Å²) in [7, 11) is 0. The van der Waals surface area contributed by atoms with Crippen LogP contribution in [0, 0.1) is 23.3 Å². The summed E-state index contributed by atoms with van der Waals surface area (Å²) in [5.74, 6) is -1.29. The Morgan fingerprint density at radius 1 is 0.333 bits per heavy atom. The largest absolute Gasteiger partial charge is 0.307 e. The minimum absolute atomic E-state index is 0. The molecule has 0 aliphatic carbocycles. The first-order chi connectivity index (χ1) is 31.5. The van der Waals surface area contributed by atoms with Gasteiger partial charge in [0, 0.05) is 65.9 Å². The number of halogens is 14. The quantitative estimate of drug-likeness (QED) is 0.126. The van der Waals surface area contributed by atoms with Crippen molar-refractivity contribution >= 4 is 193 Å². The SMILES string of the molecule is Fc1ccc(Br)c(Cc2c(Br)cc(Br)c(Cc3cc(F)ccc3Br)c2Br)c1.Fc1ccc(Br)c(N(c2ccccc2)c2c(Br)cc(Br)c(N(c3ccccc3)c3cc(F)ccc3Br)c2Br)c1.[HH]. The predicted molar refractivity (Wildman–Crippen MR) is 300 cm³/mol. The zero-order chi connectivity index (χ0) is 47.4. The summed E-state index contributed by atoms with van der Waals surface area (Å²) in [6.07, 6.45) is 1.06. The van der Waals surface area contributed by atoms with Gasteiger partial charge in [-0.05, 0) is 211 Å². The first-order valence-electron chi connectivity index (χ1n) is 19.3. The second-order valence-corrected chi connectivity index (χ2v) is 22.7. The molecule has 0 heterocycles. The molecule has 8 aromatic carbocycles. The van der Waals surface area contributed by atoms with Crippen LogP contribution in [0.2, 0.25) is 0 Å². The first kappa shape index (κ1) is 51.7. The standard InChI is InChI=1S/C30H17Br5F2N2.C20H11Br5F2.H2/c31-22-13-11-18(36)15-26(22)38(20-7-3-1-4-8-20)29-24(33)17-25(34)30(28(29)35)39(21-9-5-2-6-10-21)27-16-19(37)12-14-23(27)32;21-16-3-1-12(26)5-10(16)7-14-18(23)9-19(24)15(20(14)25)8-11-6-13(27)2-4-17(11)22;/h1-17H;1-6,9H,7-8H2;1H. The van der Waals surface area contributed by atoms with Crippen molar-refractivity contribution < 1.29 is 19.0 Å². The zero-order valence-electron chi connectivity index (χ0n) is 33.5. The van der Waals surface area contributed by atoms with Gasteiger partial charge >= 0.3 is 0 Å². The van der Waals surface area contributed by atoms with Crippen LogP contribution in [0.3, 0.4) is 0 Å². The molecule has 338 valence electrons. The molecule has 0 N–H and O–H groups in total. The van der Waals surface area contributed by atoms with Gasteiger partial charge < -0.3 is 9.80 Å². The molecule has 0 bridgehead atoms. The number of hydrogen-bond acceptors (Lipinski definition) is 2. The number of para-hydroxylation sites is 2. The normalized spacial score (nSPS) is 11.0. The van der Waals surface area contributed by atoms with Crippen molar-refractivity contribution in [3.8, 4) is 0 Å². The molecule has 0 atom stereocenters. The molecular formula is C50H30Br10F4N2. The summed E-state index contributed by atoms with van der Waals surface area (Å²) in [6.45, 7) is 0. The lowest BCUT2D eigenvalue weighted by Crippen LogP contribution is -2.16. The van der Waals surface area contributed by atoms with E-state index in [1.807, 2.05) is 82.6 Å². The van der Waals surface area contributed by atoms with Crippen LogP contribution in [-0.4, -0.2) is 0 Å². The summed E-state index contributed by atoms with van der Waals surface area (Å²) < 4.78 is 64.6. The second kappa shape index (κ2) is 23.2. The Hall–Kier alpha value is -2.12. The highest BCUT2D eigenvalue weighted by atomic mass is 79.9. The number of anilines is 6. The number of hydrogen-bond donors (Lipinski definition) is 0. The van der Waals surface area contributed by atoms with Crippen LogP contribution in [-0.2, 0) is 12.8 Å². The van der Waals surface area contributed by atoms with Crippen LogP contribution in [0.25, 0.3) is 0 Å². The highest BCUT2D eigenvalue weighted by Crippen LogP contribution is 2.54. The maximum Gasteiger partial charge on any atom is 0.125 e.